The smallest absolute Gasteiger partial charge is 0.272 e. The van der Waals surface area contributed by atoms with Crippen LogP contribution in [0, 0.1) is 28.9 Å². The van der Waals surface area contributed by atoms with Gasteiger partial charge in [-0.2, -0.15) is 0 Å². The SMILES string of the molecule is Cc1cc(N2CC3CNCC3C2(C)C)ccc1[N+](=O)[O-]. The van der Waals surface area contributed by atoms with Crippen molar-refractivity contribution in [3.8, 4) is 0 Å². The standard InChI is InChI=1S/C15H21N3O2/c1-10-6-12(4-5-14(10)18(19)20)17-9-11-7-16-8-13(11)15(17,2)3/h4-6,11,13,16H,7-9H2,1-3H3. The Morgan fingerprint density at radius 3 is 2.75 bits per heavy atom. The summed E-state index contributed by atoms with van der Waals surface area (Å²) in [5.41, 5.74) is 2.13. The molecule has 5 heteroatoms. The zero-order valence-corrected chi connectivity index (χ0v) is 12.2. The molecule has 1 N–H and O–H groups in total. The van der Waals surface area contributed by atoms with Crippen molar-refractivity contribution in [2.24, 2.45) is 11.8 Å². The van der Waals surface area contributed by atoms with Crippen LogP contribution in [0.2, 0.25) is 0 Å². The Morgan fingerprint density at radius 2 is 2.15 bits per heavy atom. The number of hydrogen-bond donors (Lipinski definition) is 1. The number of nitro groups is 1. The van der Waals surface area contributed by atoms with E-state index in [1.165, 1.54) is 0 Å². The number of rotatable bonds is 2. The van der Waals surface area contributed by atoms with E-state index in [9.17, 15) is 10.1 Å². The summed E-state index contributed by atoms with van der Waals surface area (Å²) >= 11 is 0. The van der Waals surface area contributed by atoms with Gasteiger partial charge in [0.05, 0.1) is 4.92 Å². The monoisotopic (exact) mass is 275 g/mol. The van der Waals surface area contributed by atoms with Gasteiger partial charge in [-0.25, -0.2) is 0 Å². The normalized spacial score (nSPS) is 27.6. The molecule has 2 unspecified atom stereocenters. The molecule has 0 saturated carbocycles. The minimum absolute atomic E-state index is 0.0940. The van der Waals surface area contributed by atoms with Crippen LogP contribution in [0.1, 0.15) is 19.4 Å². The largest absolute Gasteiger partial charge is 0.366 e. The summed E-state index contributed by atoms with van der Waals surface area (Å²) in [7, 11) is 0. The molecule has 0 amide bonds. The van der Waals surface area contributed by atoms with Gasteiger partial charge in [-0.3, -0.25) is 10.1 Å². The molecular weight excluding hydrogens is 254 g/mol. The molecule has 0 spiro atoms. The molecule has 2 saturated heterocycles. The second-order valence-corrected chi connectivity index (χ2v) is 6.52. The van der Waals surface area contributed by atoms with Crippen LogP contribution in [0.3, 0.4) is 0 Å². The predicted octanol–water partition coefficient (Wildman–Crippen LogP) is 2.34. The maximum Gasteiger partial charge on any atom is 0.272 e. The van der Waals surface area contributed by atoms with Crippen LogP contribution in [0.4, 0.5) is 11.4 Å². The fourth-order valence-electron chi connectivity index (χ4n) is 3.87. The Bertz CT molecular complexity index is 556. The van der Waals surface area contributed by atoms with Crippen molar-refractivity contribution in [2.75, 3.05) is 24.5 Å². The quantitative estimate of drug-likeness (QED) is 0.665. The Hall–Kier alpha value is -1.62. The second-order valence-electron chi connectivity index (χ2n) is 6.52. The molecule has 2 fully saturated rings. The minimum atomic E-state index is -0.313. The van der Waals surface area contributed by atoms with E-state index in [1.807, 2.05) is 19.1 Å². The molecule has 1 aromatic carbocycles. The first-order valence-corrected chi connectivity index (χ1v) is 7.14. The van der Waals surface area contributed by atoms with Crippen molar-refractivity contribution in [1.82, 2.24) is 5.32 Å². The molecule has 20 heavy (non-hydrogen) atoms. The topological polar surface area (TPSA) is 58.4 Å². The van der Waals surface area contributed by atoms with Crippen LogP contribution in [0.25, 0.3) is 0 Å². The van der Waals surface area contributed by atoms with Crippen LogP contribution >= 0.6 is 0 Å². The molecule has 0 bridgehead atoms. The highest BCUT2D eigenvalue weighted by Gasteiger charge is 2.49. The van der Waals surface area contributed by atoms with Gasteiger partial charge in [-0.05, 0) is 44.7 Å². The summed E-state index contributed by atoms with van der Waals surface area (Å²) in [6.45, 7) is 9.55. The number of hydrogen-bond acceptors (Lipinski definition) is 4. The molecule has 0 aromatic heterocycles. The van der Waals surface area contributed by atoms with Gasteiger partial charge in [0.25, 0.3) is 5.69 Å². The third-order valence-corrected chi connectivity index (χ3v) is 5.05. The molecule has 108 valence electrons. The highest BCUT2D eigenvalue weighted by Crippen LogP contribution is 2.43. The van der Waals surface area contributed by atoms with Gasteiger partial charge in [-0.15, -0.1) is 0 Å². The zero-order valence-electron chi connectivity index (χ0n) is 12.2. The Balaban J connectivity index is 1.94. The third-order valence-electron chi connectivity index (χ3n) is 5.05. The number of fused-ring (bicyclic) bond motifs is 1. The molecule has 0 radical (unpaired) electrons. The molecule has 0 aliphatic carbocycles. The molecule has 2 atom stereocenters. The summed E-state index contributed by atoms with van der Waals surface area (Å²) in [4.78, 5) is 13.0. The highest BCUT2D eigenvalue weighted by atomic mass is 16.6. The number of nitro benzene ring substituents is 1. The molecule has 2 aliphatic heterocycles. The fraction of sp³-hybridized carbons (Fsp3) is 0.600. The Labute approximate surface area is 119 Å². The van der Waals surface area contributed by atoms with E-state index in [1.54, 1.807) is 6.07 Å². The number of nitrogens with zero attached hydrogens (tertiary/aromatic N) is 2. The predicted molar refractivity (Wildman–Crippen MR) is 79.1 cm³/mol. The lowest BCUT2D eigenvalue weighted by Crippen LogP contribution is -2.44. The first-order chi connectivity index (χ1) is 9.41. The van der Waals surface area contributed by atoms with Crippen molar-refractivity contribution in [1.29, 1.82) is 0 Å². The van der Waals surface area contributed by atoms with Crippen LogP contribution < -0.4 is 10.2 Å². The summed E-state index contributed by atoms with van der Waals surface area (Å²) in [5.74, 6) is 1.33. The average Bonchev–Trinajstić information content (AvgIpc) is 2.91. The van der Waals surface area contributed by atoms with E-state index >= 15 is 0 Å². The van der Waals surface area contributed by atoms with Crippen LogP contribution in [0.15, 0.2) is 18.2 Å². The van der Waals surface area contributed by atoms with E-state index in [-0.39, 0.29) is 16.1 Å². The second kappa shape index (κ2) is 4.45. The average molecular weight is 275 g/mol. The van der Waals surface area contributed by atoms with E-state index in [4.69, 9.17) is 0 Å². The van der Waals surface area contributed by atoms with Crippen molar-refractivity contribution in [2.45, 2.75) is 26.3 Å². The summed E-state index contributed by atoms with van der Waals surface area (Å²) in [6.07, 6.45) is 0. The summed E-state index contributed by atoms with van der Waals surface area (Å²) < 4.78 is 0. The maximum atomic E-state index is 10.9. The molecule has 2 aliphatic rings. The van der Waals surface area contributed by atoms with E-state index in [0.29, 0.717) is 11.8 Å². The first-order valence-electron chi connectivity index (χ1n) is 7.14. The highest BCUT2D eigenvalue weighted by molar-refractivity contribution is 5.58. The third kappa shape index (κ3) is 1.88. The number of benzene rings is 1. The van der Waals surface area contributed by atoms with E-state index in [0.717, 1.165) is 30.9 Å². The van der Waals surface area contributed by atoms with Gasteiger partial charge >= 0.3 is 0 Å². The van der Waals surface area contributed by atoms with Crippen molar-refractivity contribution in [3.63, 3.8) is 0 Å². The lowest BCUT2D eigenvalue weighted by atomic mass is 9.84. The molecule has 1 aromatic rings. The lowest BCUT2D eigenvalue weighted by molar-refractivity contribution is -0.385. The van der Waals surface area contributed by atoms with E-state index < -0.39 is 0 Å². The van der Waals surface area contributed by atoms with Gasteiger partial charge in [0.15, 0.2) is 0 Å². The van der Waals surface area contributed by atoms with Gasteiger partial charge < -0.3 is 10.2 Å². The molecule has 3 rings (SSSR count). The Kier molecular flexibility index (Phi) is 2.97. The number of aryl methyl sites for hydroxylation is 1. The molecule has 5 nitrogen and oxygen atoms in total. The zero-order chi connectivity index (χ0) is 14.5. The van der Waals surface area contributed by atoms with Crippen molar-refractivity contribution < 1.29 is 4.92 Å². The van der Waals surface area contributed by atoms with Crippen molar-refractivity contribution in [3.05, 3.63) is 33.9 Å². The van der Waals surface area contributed by atoms with Crippen LogP contribution in [-0.4, -0.2) is 30.1 Å². The first kappa shape index (κ1) is 13.4. The van der Waals surface area contributed by atoms with Crippen LogP contribution in [-0.2, 0) is 0 Å². The van der Waals surface area contributed by atoms with Gasteiger partial charge in [-0.1, -0.05) is 0 Å². The molecular formula is C15H21N3O2. The summed E-state index contributed by atoms with van der Waals surface area (Å²) in [6, 6.07) is 5.48. The minimum Gasteiger partial charge on any atom is -0.366 e. The summed E-state index contributed by atoms with van der Waals surface area (Å²) in [5, 5.41) is 14.4. The number of nitrogens with one attached hydrogen (secondary N) is 1. The lowest BCUT2D eigenvalue weighted by Gasteiger charge is -2.37. The van der Waals surface area contributed by atoms with Gasteiger partial charge in [0.1, 0.15) is 0 Å². The Morgan fingerprint density at radius 1 is 1.40 bits per heavy atom. The van der Waals surface area contributed by atoms with Crippen LogP contribution in [0.5, 0.6) is 0 Å². The van der Waals surface area contributed by atoms with Crippen molar-refractivity contribution >= 4 is 11.4 Å². The fourth-order valence-corrected chi connectivity index (χ4v) is 3.87. The van der Waals surface area contributed by atoms with Gasteiger partial charge in [0, 0.05) is 42.5 Å². The maximum absolute atomic E-state index is 10.9. The number of anilines is 1. The molecule has 2 heterocycles. The van der Waals surface area contributed by atoms with E-state index in [2.05, 4.69) is 24.1 Å². The van der Waals surface area contributed by atoms with Gasteiger partial charge in [0.2, 0.25) is 0 Å².